The number of carboxylic acids is 1. The molecule has 0 aromatic rings. The Morgan fingerprint density at radius 3 is 2.71 bits per heavy atom. The van der Waals surface area contributed by atoms with E-state index in [1.807, 2.05) is 0 Å². The van der Waals surface area contributed by atoms with Crippen molar-refractivity contribution in [2.75, 3.05) is 6.61 Å². The maximum Gasteiger partial charge on any atom is 0.308 e. The van der Waals surface area contributed by atoms with Crippen LogP contribution in [0.15, 0.2) is 0 Å². The van der Waals surface area contributed by atoms with Crippen LogP contribution >= 0.6 is 0 Å². The van der Waals surface area contributed by atoms with Gasteiger partial charge in [0.1, 0.15) is 0 Å². The van der Waals surface area contributed by atoms with Crippen molar-refractivity contribution in [1.29, 1.82) is 0 Å². The standard InChI is InChI=1S/C10H18O4/c1-7(10(11)12)8(2)14-9-5-3-4-6-13-9/h7-9H,3-6H2,1-2H3,(H,11,12)/t7-,8-,9?/m0/s1. The van der Waals surface area contributed by atoms with E-state index in [1.54, 1.807) is 13.8 Å². The molecular weight excluding hydrogens is 184 g/mol. The molecule has 0 spiro atoms. The first-order valence-corrected chi connectivity index (χ1v) is 5.11. The van der Waals surface area contributed by atoms with E-state index in [9.17, 15) is 4.79 Å². The quantitative estimate of drug-likeness (QED) is 0.753. The highest BCUT2D eigenvalue weighted by Crippen LogP contribution is 2.18. The highest BCUT2D eigenvalue weighted by atomic mass is 16.7. The lowest BCUT2D eigenvalue weighted by Gasteiger charge is -2.27. The van der Waals surface area contributed by atoms with Crippen molar-refractivity contribution in [3.05, 3.63) is 0 Å². The van der Waals surface area contributed by atoms with Gasteiger partial charge >= 0.3 is 5.97 Å². The molecule has 0 amide bonds. The van der Waals surface area contributed by atoms with Gasteiger partial charge in [-0.25, -0.2) is 0 Å². The molecule has 1 N–H and O–H groups in total. The van der Waals surface area contributed by atoms with Crippen LogP contribution in [0.4, 0.5) is 0 Å². The zero-order valence-corrected chi connectivity index (χ0v) is 8.73. The van der Waals surface area contributed by atoms with Crippen molar-refractivity contribution < 1.29 is 19.4 Å². The van der Waals surface area contributed by atoms with Crippen LogP contribution < -0.4 is 0 Å². The molecule has 14 heavy (non-hydrogen) atoms. The molecule has 1 fully saturated rings. The summed E-state index contributed by atoms with van der Waals surface area (Å²) in [5.41, 5.74) is 0. The van der Waals surface area contributed by atoms with Gasteiger partial charge in [-0.1, -0.05) is 0 Å². The smallest absolute Gasteiger partial charge is 0.308 e. The van der Waals surface area contributed by atoms with E-state index in [-0.39, 0.29) is 12.4 Å². The van der Waals surface area contributed by atoms with Gasteiger partial charge in [0, 0.05) is 6.61 Å². The maximum absolute atomic E-state index is 10.7. The Bertz CT molecular complexity index is 187. The van der Waals surface area contributed by atoms with Gasteiger partial charge < -0.3 is 14.6 Å². The van der Waals surface area contributed by atoms with E-state index in [2.05, 4.69) is 0 Å². The van der Waals surface area contributed by atoms with Crippen molar-refractivity contribution in [3.8, 4) is 0 Å². The first kappa shape index (κ1) is 11.5. The van der Waals surface area contributed by atoms with Crippen molar-refractivity contribution in [3.63, 3.8) is 0 Å². The van der Waals surface area contributed by atoms with Crippen LogP contribution in [0, 0.1) is 5.92 Å². The van der Waals surface area contributed by atoms with Gasteiger partial charge in [0.15, 0.2) is 6.29 Å². The van der Waals surface area contributed by atoms with Gasteiger partial charge in [-0.15, -0.1) is 0 Å². The summed E-state index contributed by atoms with van der Waals surface area (Å²) in [6.45, 7) is 4.14. The topological polar surface area (TPSA) is 55.8 Å². The van der Waals surface area contributed by atoms with Crippen molar-refractivity contribution in [2.24, 2.45) is 5.92 Å². The van der Waals surface area contributed by atoms with E-state index in [1.165, 1.54) is 0 Å². The molecule has 3 atom stereocenters. The van der Waals surface area contributed by atoms with Gasteiger partial charge in [0.05, 0.1) is 12.0 Å². The molecule has 1 aliphatic heterocycles. The lowest BCUT2D eigenvalue weighted by Crippen LogP contribution is -2.32. The van der Waals surface area contributed by atoms with Crippen LogP contribution in [0.1, 0.15) is 33.1 Å². The Kier molecular flexibility index (Phi) is 4.35. The summed E-state index contributed by atoms with van der Waals surface area (Å²) in [6, 6.07) is 0. The normalized spacial score (nSPS) is 26.9. The van der Waals surface area contributed by atoms with E-state index >= 15 is 0 Å². The van der Waals surface area contributed by atoms with Crippen molar-refractivity contribution in [1.82, 2.24) is 0 Å². The Morgan fingerprint density at radius 1 is 1.50 bits per heavy atom. The average Bonchev–Trinajstić information content (AvgIpc) is 2.18. The van der Waals surface area contributed by atoms with Gasteiger partial charge in [-0.2, -0.15) is 0 Å². The van der Waals surface area contributed by atoms with Gasteiger partial charge in [-0.05, 0) is 33.1 Å². The maximum atomic E-state index is 10.7. The van der Waals surface area contributed by atoms with E-state index in [0.29, 0.717) is 0 Å². The predicted molar refractivity (Wildman–Crippen MR) is 50.9 cm³/mol. The van der Waals surface area contributed by atoms with Crippen LogP contribution in [0.3, 0.4) is 0 Å². The fourth-order valence-corrected chi connectivity index (χ4v) is 1.38. The Morgan fingerprint density at radius 2 is 2.21 bits per heavy atom. The summed E-state index contributed by atoms with van der Waals surface area (Å²) in [5, 5.41) is 8.76. The molecule has 1 heterocycles. The molecule has 0 saturated carbocycles. The minimum atomic E-state index is -0.826. The SMILES string of the molecule is C[C@H](OC1CCCCO1)[C@H](C)C(=O)O. The van der Waals surface area contributed by atoms with Crippen LogP contribution in [-0.2, 0) is 14.3 Å². The number of ether oxygens (including phenoxy) is 2. The van der Waals surface area contributed by atoms with Crippen LogP contribution in [0.2, 0.25) is 0 Å². The largest absolute Gasteiger partial charge is 0.481 e. The molecule has 82 valence electrons. The Labute approximate surface area is 84.2 Å². The van der Waals surface area contributed by atoms with E-state index in [4.69, 9.17) is 14.6 Å². The number of carboxylic acid groups (broad SMARTS) is 1. The number of rotatable bonds is 4. The summed E-state index contributed by atoms with van der Waals surface area (Å²) >= 11 is 0. The molecule has 1 unspecified atom stereocenters. The summed E-state index contributed by atoms with van der Waals surface area (Å²) < 4.78 is 10.9. The fraction of sp³-hybridized carbons (Fsp3) is 0.900. The molecule has 4 heteroatoms. The molecule has 0 radical (unpaired) electrons. The van der Waals surface area contributed by atoms with Crippen molar-refractivity contribution in [2.45, 2.75) is 45.5 Å². The molecule has 0 aromatic heterocycles. The summed E-state index contributed by atoms with van der Waals surface area (Å²) in [7, 11) is 0. The fourth-order valence-electron chi connectivity index (χ4n) is 1.38. The Balaban J connectivity index is 2.31. The molecular formula is C10H18O4. The molecule has 0 aliphatic carbocycles. The highest BCUT2D eigenvalue weighted by Gasteiger charge is 2.24. The number of aliphatic carboxylic acids is 1. The second kappa shape index (κ2) is 5.32. The summed E-state index contributed by atoms with van der Waals surface area (Å²) in [4.78, 5) is 10.7. The zero-order chi connectivity index (χ0) is 10.6. The predicted octanol–water partition coefficient (Wildman–Crippen LogP) is 1.64. The first-order chi connectivity index (χ1) is 6.61. The minimum absolute atomic E-state index is 0.208. The van der Waals surface area contributed by atoms with Crippen LogP contribution in [0.5, 0.6) is 0 Å². The van der Waals surface area contributed by atoms with E-state index < -0.39 is 11.9 Å². The lowest BCUT2D eigenvalue weighted by molar-refractivity contribution is -0.197. The summed E-state index contributed by atoms with van der Waals surface area (Å²) in [6.07, 6.45) is 2.54. The van der Waals surface area contributed by atoms with E-state index in [0.717, 1.165) is 25.9 Å². The number of hydrogen-bond donors (Lipinski definition) is 1. The van der Waals surface area contributed by atoms with Gasteiger partial charge in [-0.3, -0.25) is 4.79 Å². The lowest BCUT2D eigenvalue weighted by atomic mass is 10.1. The van der Waals surface area contributed by atoms with Crippen molar-refractivity contribution >= 4 is 5.97 Å². The Hall–Kier alpha value is -0.610. The molecule has 1 saturated heterocycles. The zero-order valence-electron chi connectivity index (χ0n) is 8.73. The third kappa shape index (κ3) is 3.27. The third-order valence-electron chi connectivity index (χ3n) is 2.60. The molecule has 0 bridgehead atoms. The third-order valence-corrected chi connectivity index (χ3v) is 2.60. The monoisotopic (exact) mass is 202 g/mol. The second-order valence-corrected chi connectivity index (χ2v) is 3.76. The van der Waals surface area contributed by atoms with Gasteiger partial charge in [0.25, 0.3) is 0 Å². The molecule has 4 nitrogen and oxygen atoms in total. The second-order valence-electron chi connectivity index (χ2n) is 3.76. The molecule has 1 rings (SSSR count). The average molecular weight is 202 g/mol. The highest BCUT2D eigenvalue weighted by molar-refractivity contribution is 5.70. The summed E-state index contributed by atoms with van der Waals surface area (Å²) in [5.74, 6) is -1.31. The van der Waals surface area contributed by atoms with Crippen LogP contribution in [-0.4, -0.2) is 30.1 Å². The first-order valence-electron chi connectivity index (χ1n) is 5.11. The number of carbonyl (C=O) groups is 1. The number of hydrogen-bond acceptors (Lipinski definition) is 3. The molecule has 0 aromatic carbocycles. The van der Waals surface area contributed by atoms with Gasteiger partial charge in [0.2, 0.25) is 0 Å². The minimum Gasteiger partial charge on any atom is -0.481 e. The van der Waals surface area contributed by atoms with Crippen LogP contribution in [0.25, 0.3) is 0 Å². The molecule has 1 aliphatic rings.